The van der Waals surface area contributed by atoms with Crippen molar-refractivity contribution in [3.63, 3.8) is 0 Å². The number of amides is 2. The third-order valence-corrected chi connectivity index (χ3v) is 2.10. The molecule has 1 rings (SSSR count). The van der Waals surface area contributed by atoms with Crippen LogP contribution in [-0.4, -0.2) is 40.3 Å². The van der Waals surface area contributed by atoms with E-state index in [2.05, 4.69) is 10.4 Å². The first-order valence-electron chi connectivity index (χ1n) is 4.63. The zero-order valence-electron chi connectivity index (χ0n) is 8.80. The molecule has 0 bridgehead atoms. The molecule has 0 radical (unpaired) electrons. The lowest BCUT2D eigenvalue weighted by Gasteiger charge is -2.32. The molecule has 0 saturated carbocycles. The summed E-state index contributed by atoms with van der Waals surface area (Å²) in [7, 11) is 0. The second-order valence-electron chi connectivity index (χ2n) is 3.47. The summed E-state index contributed by atoms with van der Waals surface area (Å²) in [4.78, 5) is 11.3. The average Bonchev–Trinajstić information content (AvgIpc) is 2.42. The zero-order valence-corrected chi connectivity index (χ0v) is 8.80. The number of nitrogens with zero attached hydrogens (tertiary/aromatic N) is 2. The minimum Gasteiger partial charge on any atom is -0.362 e. The Labute approximate surface area is 89.9 Å². The van der Waals surface area contributed by atoms with Crippen LogP contribution in [0.3, 0.4) is 0 Å². The standard InChI is InChI=1S/C8H12F3N3O2/c1-3-12-6(15)14-7(16,8(9,10)11)4-5(2)13-14/h16H,3-4H2,1-2H3,(H,12,15). The van der Waals surface area contributed by atoms with E-state index in [0.717, 1.165) is 0 Å². The molecular weight excluding hydrogens is 227 g/mol. The Morgan fingerprint density at radius 2 is 2.25 bits per heavy atom. The Morgan fingerprint density at radius 1 is 1.69 bits per heavy atom. The van der Waals surface area contributed by atoms with E-state index in [1.807, 2.05) is 0 Å². The monoisotopic (exact) mass is 239 g/mol. The molecule has 0 aromatic rings. The molecule has 1 atom stereocenters. The van der Waals surface area contributed by atoms with Gasteiger partial charge in [-0.25, -0.2) is 4.79 Å². The molecule has 8 heteroatoms. The van der Waals surface area contributed by atoms with Gasteiger partial charge in [0.15, 0.2) is 0 Å². The van der Waals surface area contributed by atoms with Gasteiger partial charge in [0.1, 0.15) is 0 Å². The first kappa shape index (κ1) is 12.8. The van der Waals surface area contributed by atoms with E-state index in [1.54, 1.807) is 6.92 Å². The molecular formula is C8H12F3N3O2. The summed E-state index contributed by atoms with van der Waals surface area (Å²) < 4.78 is 37.9. The van der Waals surface area contributed by atoms with Crippen molar-refractivity contribution >= 4 is 11.7 Å². The van der Waals surface area contributed by atoms with E-state index in [0.29, 0.717) is 0 Å². The fourth-order valence-corrected chi connectivity index (χ4v) is 1.38. The molecule has 92 valence electrons. The smallest absolute Gasteiger partial charge is 0.362 e. The molecule has 0 saturated heterocycles. The third-order valence-electron chi connectivity index (χ3n) is 2.10. The van der Waals surface area contributed by atoms with Gasteiger partial charge in [-0.3, -0.25) is 0 Å². The quantitative estimate of drug-likeness (QED) is 0.718. The van der Waals surface area contributed by atoms with Crippen LogP contribution in [0.2, 0.25) is 0 Å². The summed E-state index contributed by atoms with van der Waals surface area (Å²) in [6.07, 6.45) is -5.67. The minimum absolute atomic E-state index is 0.0473. The average molecular weight is 239 g/mol. The topological polar surface area (TPSA) is 64.9 Å². The van der Waals surface area contributed by atoms with E-state index in [1.165, 1.54) is 6.92 Å². The Kier molecular flexibility index (Phi) is 3.13. The van der Waals surface area contributed by atoms with Crippen molar-refractivity contribution < 1.29 is 23.1 Å². The van der Waals surface area contributed by atoms with E-state index in [9.17, 15) is 23.1 Å². The van der Waals surface area contributed by atoms with Crippen LogP contribution in [0.1, 0.15) is 20.3 Å². The third kappa shape index (κ3) is 1.97. The number of nitrogens with one attached hydrogen (secondary N) is 1. The van der Waals surface area contributed by atoms with Gasteiger partial charge >= 0.3 is 12.2 Å². The van der Waals surface area contributed by atoms with Crippen LogP contribution in [0.5, 0.6) is 0 Å². The highest BCUT2D eigenvalue weighted by molar-refractivity contribution is 5.88. The SMILES string of the molecule is CCNC(=O)N1N=C(C)CC1(O)C(F)(F)F. The number of hydrazone groups is 1. The predicted molar refractivity (Wildman–Crippen MR) is 49.6 cm³/mol. The molecule has 2 N–H and O–H groups in total. The maximum absolute atomic E-state index is 12.6. The summed E-state index contributed by atoms with van der Waals surface area (Å²) in [5, 5.41) is 15.1. The molecule has 0 spiro atoms. The molecule has 0 aliphatic carbocycles. The van der Waals surface area contributed by atoms with Crippen molar-refractivity contribution in [3.8, 4) is 0 Å². The van der Waals surface area contributed by atoms with Gasteiger partial charge in [-0.2, -0.15) is 23.3 Å². The molecule has 2 amide bonds. The minimum atomic E-state index is -4.95. The lowest BCUT2D eigenvalue weighted by atomic mass is 10.1. The van der Waals surface area contributed by atoms with Gasteiger partial charge in [0.25, 0.3) is 5.72 Å². The second-order valence-corrected chi connectivity index (χ2v) is 3.47. The van der Waals surface area contributed by atoms with E-state index in [-0.39, 0.29) is 17.3 Å². The van der Waals surface area contributed by atoms with E-state index < -0.39 is 24.4 Å². The molecule has 1 aliphatic heterocycles. The highest BCUT2D eigenvalue weighted by Gasteiger charge is 2.62. The van der Waals surface area contributed by atoms with Gasteiger partial charge in [0.2, 0.25) is 0 Å². The molecule has 0 aromatic heterocycles. The van der Waals surface area contributed by atoms with Crippen molar-refractivity contribution in [2.75, 3.05) is 6.54 Å². The molecule has 1 aliphatic rings. The number of rotatable bonds is 1. The molecule has 0 aromatic carbocycles. The van der Waals surface area contributed by atoms with Crippen molar-refractivity contribution in [2.24, 2.45) is 5.10 Å². The number of hydrogen-bond donors (Lipinski definition) is 2. The van der Waals surface area contributed by atoms with Gasteiger partial charge < -0.3 is 10.4 Å². The van der Waals surface area contributed by atoms with Crippen LogP contribution in [0, 0.1) is 0 Å². The van der Waals surface area contributed by atoms with Crippen molar-refractivity contribution in [1.29, 1.82) is 0 Å². The highest BCUT2D eigenvalue weighted by atomic mass is 19.4. The fraction of sp³-hybridized carbons (Fsp3) is 0.750. The largest absolute Gasteiger partial charge is 0.438 e. The molecule has 5 nitrogen and oxygen atoms in total. The molecule has 1 unspecified atom stereocenters. The number of aliphatic hydroxyl groups is 1. The Bertz CT molecular complexity index is 329. The number of carbonyl (C=O) groups excluding carboxylic acids is 1. The van der Waals surface area contributed by atoms with Gasteiger partial charge in [-0.1, -0.05) is 0 Å². The number of hydrogen-bond acceptors (Lipinski definition) is 3. The first-order valence-corrected chi connectivity index (χ1v) is 4.63. The lowest BCUT2D eigenvalue weighted by Crippen LogP contribution is -2.58. The van der Waals surface area contributed by atoms with Gasteiger partial charge in [-0.15, -0.1) is 0 Å². The van der Waals surface area contributed by atoms with Gasteiger partial charge in [-0.05, 0) is 13.8 Å². The van der Waals surface area contributed by atoms with Crippen molar-refractivity contribution in [3.05, 3.63) is 0 Å². The van der Waals surface area contributed by atoms with E-state index >= 15 is 0 Å². The molecule has 16 heavy (non-hydrogen) atoms. The Morgan fingerprint density at radius 3 is 2.69 bits per heavy atom. The van der Waals surface area contributed by atoms with Crippen LogP contribution in [0.15, 0.2) is 5.10 Å². The number of halogens is 3. The maximum Gasteiger partial charge on any atom is 0.438 e. The van der Waals surface area contributed by atoms with Crippen LogP contribution < -0.4 is 5.32 Å². The van der Waals surface area contributed by atoms with Crippen LogP contribution in [-0.2, 0) is 0 Å². The summed E-state index contributed by atoms with van der Waals surface area (Å²) in [5.41, 5.74) is -3.19. The lowest BCUT2D eigenvalue weighted by molar-refractivity contribution is -0.297. The summed E-state index contributed by atoms with van der Waals surface area (Å²) in [5.74, 6) is 0. The normalized spacial score (nSPS) is 25.6. The summed E-state index contributed by atoms with van der Waals surface area (Å²) in [6, 6.07) is -1.07. The maximum atomic E-state index is 12.6. The van der Waals surface area contributed by atoms with Gasteiger partial charge in [0.05, 0.1) is 0 Å². The first-order chi connectivity index (χ1) is 7.22. The van der Waals surface area contributed by atoms with Crippen LogP contribution in [0.4, 0.5) is 18.0 Å². The Balaban J connectivity index is 3.00. The zero-order chi connectivity index (χ0) is 12.6. The number of carbonyl (C=O) groups is 1. The highest BCUT2D eigenvalue weighted by Crippen LogP contribution is 2.39. The molecule has 0 fully saturated rings. The van der Waals surface area contributed by atoms with Gasteiger partial charge in [0, 0.05) is 18.7 Å². The van der Waals surface area contributed by atoms with Crippen molar-refractivity contribution in [2.45, 2.75) is 32.2 Å². The van der Waals surface area contributed by atoms with Crippen LogP contribution >= 0.6 is 0 Å². The second kappa shape index (κ2) is 3.93. The predicted octanol–water partition coefficient (Wildman–Crippen LogP) is 1.05. The Hall–Kier alpha value is -1.31. The van der Waals surface area contributed by atoms with Crippen molar-refractivity contribution in [1.82, 2.24) is 10.3 Å². The summed E-state index contributed by atoms with van der Waals surface area (Å²) >= 11 is 0. The summed E-state index contributed by atoms with van der Waals surface area (Å²) in [6.45, 7) is 3.02. The number of urea groups is 1. The fourth-order valence-electron chi connectivity index (χ4n) is 1.38. The molecule has 1 heterocycles. The van der Waals surface area contributed by atoms with Crippen LogP contribution in [0.25, 0.3) is 0 Å². The van der Waals surface area contributed by atoms with E-state index in [4.69, 9.17) is 0 Å². The number of alkyl halides is 3.